The van der Waals surface area contributed by atoms with Gasteiger partial charge in [0, 0.05) is 33.2 Å². The first kappa shape index (κ1) is 32.8. The smallest absolute Gasteiger partial charge is 0.164 e. The lowest BCUT2D eigenvalue weighted by molar-refractivity contribution is 0.667. The van der Waals surface area contributed by atoms with Crippen LogP contribution >= 0.6 is 0 Å². The number of furan rings is 1. The summed E-state index contributed by atoms with van der Waals surface area (Å²) < 4.78 is 6.33. The number of aromatic nitrogens is 3. The average molecular weight is 731 g/mol. The molecule has 0 radical (unpaired) electrons. The van der Waals surface area contributed by atoms with E-state index in [0.717, 1.165) is 55.7 Å². The van der Waals surface area contributed by atoms with Crippen molar-refractivity contribution in [2.45, 2.75) is 5.41 Å². The van der Waals surface area contributed by atoms with E-state index in [0.29, 0.717) is 17.5 Å². The van der Waals surface area contributed by atoms with Crippen LogP contribution in [0.1, 0.15) is 22.3 Å². The fourth-order valence-corrected chi connectivity index (χ4v) is 8.66. The van der Waals surface area contributed by atoms with Crippen molar-refractivity contribution in [3.8, 4) is 34.2 Å². The zero-order valence-corrected chi connectivity index (χ0v) is 30.8. The first-order valence-corrected chi connectivity index (χ1v) is 19.2. The standard InChI is InChI=1S/C52H34N4O/c1-4-16-35(17-5-1)49-53-50(36-18-6-2-7-19-36)55-51(54-49)37-28-31-40(32-29-37)56-45-25-13-11-23-43(45)52(38-20-8-3-9-21-38,44-24-12-14-26-46(44)56)39-30-33-48-42(34-39)41-22-10-15-27-47(41)57-48/h1-34H. The van der Waals surface area contributed by atoms with Gasteiger partial charge in [-0.1, -0.05) is 152 Å². The van der Waals surface area contributed by atoms with Crippen molar-refractivity contribution < 1.29 is 4.42 Å². The van der Waals surface area contributed by atoms with Gasteiger partial charge in [0.15, 0.2) is 17.5 Å². The molecule has 0 atom stereocenters. The van der Waals surface area contributed by atoms with Crippen molar-refractivity contribution in [3.05, 3.63) is 229 Å². The Morgan fingerprint density at radius 2 is 0.842 bits per heavy atom. The molecule has 0 N–H and O–H groups in total. The molecule has 11 rings (SSSR count). The Morgan fingerprint density at radius 1 is 0.368 bits per heavy atom. The molecule has 0 saturated carbocycles. The molecule has 57 heavy (non-hydrogen) atoms. The lowest BCUT2D eigenvalue weighted by Crippen LogP contribution is -2.37. The molecule has 0 spiro atoms. The lowest BCUT2D eigenvalue weighted by Gasteiger charge is -2.46. The second-order valence-electron chi connectivity index (χ2n) is 14.4. The molecule has 5 nitrogen and oxygen atoms in total. The molecule has 0 amide bonds. The maximum absolute atomic E-state index is 6.33. The van der Waals surface area contributed by atoms with E-state index in [2.05, 4.69) is 138 Å². The summed E-state index contributed by atoms with van der Waals surface area (Å²) in [6.45, 7) is 0. The molecule has 0 bridgehead atoms. The number of rotatable bonds is 6. The summed E-state index contributed by atoms with van der Waals surface area (Å²) in [4.78, 5) is 17.3. The maximum Gasteiger partial charge on any atom is 0.164 e. The summed E-state index contributed by atoms with van der Waals surface area (Å²) in [5.74, 6) is 1.90. The molecule has 2 aromatic heterocycles. The fourth-order valence-electron chi connectivity index (χ4n) is 8.66. The van der Waals surface area contributed by atoms with Crippen LogP contribution in [0.2, 0.25) is 0 Å². The highest BCUT2D eigenvalue weighted by Gasteiger charge is 2.46. The van der Waals surface area contributed by atoms with Crippen LogP contribution in [-0.4, -0.2) is 15.0 Å². The van der Waals surface area contributed by atoms with Crippen LogP contribution in [0.5, 0.6) is 0 Å². The first-order valence-electron chi connectivity index (χ1n) is 19.2. The number of benzene rings is 8. The van der Waals surface area contributed by atoms with Crippen molar-refractivity contribution in [2.24, 2.45) is 0 Å². The van der Waals surface area contributed by atoms with Crippen LogP contribution in [-0.2, 0) is 5.41 Å². The van der Waals surface area contributed by atoms with Gasteiger partial charge in [-0.3, -0.25) is 0 Å². The second kappa shape index (κ2) is 13.3. The molecule has 3 heterocycles. The Bertz CT molecular complexity index is 2960. The third-order valence-electron chi connectivity index (χ3n) is 11.2. The number of nitrogens with zero attached hydrogens (tertiary/aromatic N) is 4. The third kappa shape index (κ3) is 5.28. The molecule has 0 saturated heterocycles. The number of anilines is 3. The van der Waals surface area contributed by atoms with Gasteiger partial charge in [0.05, 0.1) is 16.8 Å². The molecule has 8 aromatic carbocycles. The summed E-state index contributed by atoms with van der Waals surface area (Å²) in [5.41, 5.74) is 12.0. The predicted octanol–water partition coefficient (Wildman–Crippen LogP) is 12.9. The number of hydrogen-bond donors (Lipinski definition) is 0. The molecule has 5 heteroatoms. The van der Waals surface area contributed by atoms with Crippen molar-refractivity contribution in [3.63, 3.8) is 0 Å². The summed E-state index contributed by atoms with van der Waals surface area (Å²) in [6.07, 6.45) is 0. The van der Waals surface area contributed by atoms with Gasteiger partial charge in [-0.15, -0.1) is 0 Å². The molecule has 10 aromatic rings. The van der Waals surface area contributed by atoms with E-state index in [-0.39, 0.29) is 0 Å². The zero-order chi connectivity index (χ0) is 37.8. The molecular formula is C52H34N4O. The Hall–Kier alpha value is -7.63. The fraction of sp³-hybridized carbons (Fsp3) is 0.0192. The summed E-state index contributed by atoms with van der Waals surface area (Å²) in [5, 5.41) is 2.22. The van der Waals surface area contributed by atoms with Crippen molar-refractivity contribution >= 4 is 39.0 Å². The minimum Gasteiger partial charge on any atom is -0.456 e. The van der Waals surface area contributed by atoms with E-state index in [1.54, 1.807) is 0 Å². The van der Waals surface area contributed by atoms with E-state index in [1.165, 1.54) is 22.3 Å². The van der Waals surface area contributed by atoms with E-state index < -0.39 is 5.41 Å². The monoisotopic (exact) mass is 730 g/mol. The molecule has 1 aliphatic heterocycles. The van der Waals surface area contributed by atoms with E-state index in [9.17, 15) is 0 Å². The molecule has 1 aliphatic rings. The van der Waals surface area contributed by atoms with E-state index in [4.69, 9.17) is 19.4 Å². The summed E-state index contributed by atoms with van der Waals surface area (Å²) in [7, 11) is 0. The van der Waals surface area contributed by atoms with Crippen molar-refractivity contribution in [2.75, 3.05) is 4.90 Å². The predicted molar refractivity (Wildman–Crippen MR) is 230 cm³/mol. The van der Waals surface area contributed by atoms with Crippen LogP contribution in [0.15, 0.2) is 211 Å². The van der Waals surface area contributed by atoms with Crippen LogP contribution in [0.25, 0.3) is 56.1 Å². The van der Waals surface area contributed by atoms with Crippen LogP contribution in [0.4, 0.5) is 17.1 Å². The van der Waals surface area contributed by atoms with Gasteiger partial charge in [0.25, 0.3) is 0 Å². The minimum absolute atomic E-state index is 0.621. The van der Waals surface area contributed by atoms with Crippen LogP contribution in [0, 0.1) is 0 Å². The number of fused-ring (bicyclic) bond motifs is 5. The number of hydrogen-bond acceptors (Lipinski definition) is 5. The van der Waals surface area contributed by atoms with Gasteiger partial charge < -0.3 is 9.32 Å². The Kier molecular flexibility index (Phi) is 7.64. The number of para-hydroxylation sites is 3. The minimum atomic E-state index is -0.621. The molecular weight excluding hydrogens is 697 g/mol. The van der Waals surface area contributed by atoms with Gasteiger partial charge in [-0.25, -0.2) is 15.0 Å². The highest BCUT2D eigenvalue weighted by Crippen LogP contribution is 2.58. The highest BCUT2D eigenvalue weighted by molar-refractivity contribution is 6.05. The van der Waals surface area contributed by atoms with Crippen LogP contribution in [0.3, 0.4) is 0 Å². The molecule has 0 aliphatic carbocycles. The third-order valence-corrected chi connectivity index (χ3v) is 11.2. The zero-order valence-electron chi connectivity index (χ0n) is 30.8. The van der Waals surface area contributed by atoms with Crippen molar-refractivity contribution in [1.29, 1.82) is 0 Å². The average Bonchev–Trinajstić information content (AvgIpc) is 3.67. The van der Waals surface area contributed by atoms with Crippen molar-refractivity contribution in [1.82, 2.24) is 15.0 Å². The van der Waals surface area contributed by atoms with Gasteiger partial charge >= 0.3 is 0 Å². The molecule has 0 fully saturated rings. The van der Waals surface area contributed by atoms with Gasteiger partial charge in [-0.2, -0.15) is 0 Å². The topological polar surface area (TPSA) is 55.1 Å². The largest absolute Gasteiger partial charge is 0.456 e. The van der Waals surface area contributed by atoms with Gasteiger partial charge in [0.2, 0.25) is 0 Å². The maximum atomic E-state index is 6.33. The normalized spacial score (nSPS) is 13.0. The molecule has 268 valence electrons. The SMILES string of the molecule is c1ccc(-c2nc(-c3ccccc3)nc(-c3ccc(N4c5ccccc5C(c5ccccc5)(c5ccc6oc7ccccc7c6c5)c5ccccc54)cc3)n2)cc1. The second-order valence-corrected chi connectivity index (χ2v) is 14.4. The lowest BCUT2D eigenvalue weighted by atomic mass is 9.62. The quantitative estimate of drug-likeness (QED) is 0.170. The molecule has 0 unspecified atom stereocenters. The first-order chi connectivity index (χ1) is 28.3. The summed E-state index contributed by atoms with van der Waals surface area (Å²) in [6, 6.07) is 72.4. The van der Waals surface area contributed by atoms with E-state index >= 15 is 0 Å². The Balaban J connectivity index is 1.09. The van der Waals surface area contributed by atoms with E-state index in [1.807, 2.05) is 72.8 Å². The Labute approximate surface area is 330 Å². The van der Waals surface area contributed by atoms with Gasteiger partial charge in [0.1, 0.15) is 11.2 Å². The summed E-state index contributed by atoms with van der Waals surface area (Å²) >= 11 is 0. The Morgan fingerprint density at radius 3 is 1.44 bits per heavy atom. The van der Waals surface area contributed by atoms with Gasteiger partial charge in [-0.05, 0) is 76.9 Å². The van der Waals surface area contributed by atoms with Crippen LogP contribution < -0.4 is 4.90 Å². The highest BCUT2D eigenvalue weighted by atomic mass is 16.3.